The van der Waals surface area contributed by atoms with Crippen molar-refractivity contribution in [2.45, 2.75) is 329 Å². The minimum Gasteiger partial charge on any atom is -0.448 e. The van der Waals surface area contributed by atoms with Crippen molar-refractivity contribution in [1.82, 2.24) is 10.1 Å². The van der Waals surface area contributed by atoms with E-state index in [-0.39, 0.29) is 0 Å². The fraction of sp³-hybridized carbons (Fsp3) is 0.864. The van der Waals surface area contributed by atoms with Gasteiger partial charge in [0.2, 0.25) is 0 Å². The van der Waals surface area contributed by atoms with Gasteiger partial charge in [0.25, 0.3) is 0 Å². The fourth-order valence-corrected chi connectivity index (χ4v) is 13.1. The molecule has 6 aliphatic rings. The van der Waals surface area contributed by atoms with Gasteiger partial charge in [0.15, 0.2) is 5.89 Å². The van der Waals surface area contributed by atoms with Crippen molar-refractivity contribution in [3.8, 4) is 0 Å². The number of aliphatic imine (C=N–C) groups is 3. The Bertz CT molecular complexity index is 2020. The molecule has 0 radical (unpaired) electrons. The van der Waals surface area contributed by atoms with Gasteiger partial charge in [-0.25, -0.2) is 9.98 Å². The van der Waals surface area contributed by atoms with Gasteiger partial charge in [0, 0.05) is 47.4 Å². The van der Waals surface area contributed by atoms with E-state index >= 15 is 0 Å². The molecule has 4 saturated carbocycles. The Morgan fingerprint density at radius 2 is 0.784 bits per heavy atom. The van der Waals surface area contributed by atoms with Crippen molar-refractivity contribution in [2.24, 2.45) is 133 Å². The molecule has 88 heavy (non-hydrogen) atoms. The smallest absolute Gasteiger partial charge is 0.196 e. The molecule has 0 N–H and O–H groups in total. The van der Waals surface area contributed by atoms with Crippen LogP contribution < -0.4 is 0 Å². The first-order valence-electron chi connectivity index (χ1n) is 37.2. The summed E-state index contributed by atoms with van der Waals surface area (Å²) in [5.41, 5.74) is 5.94. The molecule has 0 spiro atoms. The fourth-order valence-electron chi connectivity index (χ4n) is 13.1. The lowest BCUT2D eigenvalue weighted by Crippen LogP contribution is -2.30. The quantitative estimate of drug-likeness (QED) is 0.167. The van der Waals surface area contributed by atoms with E-state index in [4.69, 9.17) is 8.94 Å². The maximum Gasteiger partial charge on any atom is 0.196 e. The maximum absolute atomic E-state index is 5.28. The van der Waals surface area contributed by atoms with Crippen LogP contribution in [-0.4, -0.2) is 33.9 Å². The van der Waals surface area contributed by atoms with Crippen molar-refractivity contribution in [1.29, 1.82) is 0 Å². The van der Waals surface area contributed by atoms with Crippen molar-refractivity contribution >= 4 is 17.3 Å². The largest absolute Gasteiger partial charge is 0.448 e. The van der Waals surface area contributed by atoms with Gasteiger partial charge in [-0.2, -0.15) is 0 Å². The predicted octanol–water partition coefficient (Wildman–Crippen LogP) is 25.9. The zero-order chi connectivity index (χ0) is 67.4. The third kappa shape index (κ3) is 31.2. The van der Waals surface area contributed by atoms with Crippen LogP contribution in [0.2, 0.25) is 0 Å². The van der Waals surface area contributed by atoms with Crippen LogP contribution in [0.1, 0.15) is 352 Å². The standard InChI is InChI=1S/C12H24.2C11H22.C10H17N.C10H20.C9H16N2.2C9H15NO/c1-9(2)11-5-7-12(8-6-11)10(3)4;1-8(2)10-5-6-11(7-10)9(3)4;1-8(2)10-6-5-7-11(10)9(3)4;1-7(2)9-5-6-10(11-9)8(3)4;1-7(2)9-5-10(6-9)8(3)4;1-6(2)8-5-10-9(11-8)7(3)4;1-6(2)8-5-11-9(10-8)7(3)4;1-6(2)8-5-9(7(3)4)11-10-8/h9-12H,5-8H2,1-4H3;2*8-11H,5-7H2,1-4H3;5,7-8H,6H2,1-4H3;7-10H,5-6H2,1-4H3;6-7H,5H2,1-4H3;2*5-7H,1-4H3. The number of hydrogen-bond acceptors (Lipinski definition) is 7. The number of allylic oxidation sites excluding steroid dienone is 2. The number of aromatic nitrogens is 2. The van der Waals surface area contributed by atoms with E-state index in [1.165, 1.54) is 94.2 Å². The lowest BCUT2D eigenvalue weighted by molar-refractivity contribution is 0.102. The van der Waals surface area contributed by atoms with Crippen LogP contribution in [0.3, 0.4) is 0 Å². The van der Waals surface area contributed by atoms with Crippen molar-refractivity contribution < 1.29 is 8.94 Å². The summed E-state index contributed by atoms with van der Waals surface area (Å²) in [6.07, 6.45) is 22.9. The molecule has 0 aromatic carbocycles. The number of amidine groups is 1. The number of nitrogens with zero attached hydrogens (tertiary/aromatic N) is 5. The molecule has 7 nitrogen and oxygen atoms in total. The minimum absolute atomic E-state index is 0.391. The molecule has 4 aliphatic carbocycles. The molecule has 4 atom stereocenters. The molecular weight excluding hydrogens is 1070 g/mol. The highest BCUT2D eigenvalue weighted by atomic mass is 16.5. The second-order valence-corrected chi connectivity index (χ2v) is 33.4. The summed E-state index contributed by atoms with van der Waals surface area (Å²) < 4.78 is 10.4. The first kappa shape index (κ1) is 83.2. The number of hydrogen-bond donors (Lipinski definition) is 0. The Morgan fingerprint density at radius 3 is 1.02 bits per heavy atom. The summed E-state index contributed by atoms with van der Waals surface area (Å²) in [4.78, 5) is 17.7. The van der Waals surface area contributed by atoms with E-state index in [0.29, 0.717) is 47.3 Å². The Morgan fingerprint density at radius 1 is 0.375 bits per heavy atom. The van der Waals surface area contributed by atoms with Crippen LogP contribution in [0.5, 0.6) is 0 Å². The second kappa shape index (κ2) is 42.4. The second-order valence-electron chi connectivity index (χ2n) is 33.4. The molecule has 0 bridgehead atoms. The average molecular weight is 1230 g/mol. The van der Waals surface area contributed by atoms with Crippen LogP contribution in [-0.2, 0) is 0 Å². The Hall–Kier alpha value is -2.83. The molecule has 2 aromatic rings. The summed E-state index contributed by atoms with van der Waals surface area (Å²) in [6, 6.07) is 2.04. The van der Waals surface area contributed by atoms with Crippen LogP contribution in [0, 0.1) is 118 Å². The molecule has 0 saturated heterocycles. The summed E-state index contributed by atoms with van der Waals surface area (Å²) in [5.74, 6) is 22.4. The topological polar surface area (TPSA) is 89.1 Å². The van der Waals surface area contributed by atoms with Gasteiger partial charge < -0.3 is 8.94 Å². The highest BCUT2D eigenvalue weighted by molar-refractivity contribution is 6.05. The van der Waals surface area contributed by atoms with Crippen molar-refractivity contribution in [3.05, 3.63) is 47.1 Å². The van der Waals surface area contributed by atoms with Gasteiger partial charge in [-0.3, -0.25) is 9.98 Å². The van der Waals surface area contributed by atoms with Crippen molar-refractivity contribution in [2.75, 3.05) is 6.54 Å². The van der Waals surface area contributed by atoms with Crippen LogP contribution >= 0.6 is 0 Å². The first-order chi connectivity index (χ1) is 40.9. The Kier molecular flexibility index (Phi) is 40.1. The highest BCUT2D eigenvalue weighted by Gasteiger charge is 2.33. The van der Waals surface area contributed by atoms with E-state index in [9.17, 15) is 0 Å². The normalized spacial score (nSPS) is 23.4. The molecule has 7 heteroatoms. The minimum atomic E-state index is 0.391. The maximum atomic E-state index is 5.28. The molecular formula is C81H151N5O2. The Balaban J connectivity index is 0.000000503. The SMILES string of the molecule is CC(C)C1=CCC(C(C)C)=N1.CC(C)C1=NC(C(C)C)=NC1.CC(C)C1CC(C(C)C)C1.CC(C)C1CCC(C(C)C)C1.CC(C)C1CCC(C(C)C)CC1.CC(C)C1CCCC1C(C)C.CC(C)c1cc(C(C)C)on1.CC(C)c1coc(C(C)C)n1. The number of rotatable bonds is 16. The molecule has 4 fully saturated rings. The van der Waals surface area contributed by atoms with Crippen LogP contribution in [0.4, 0.5) is 0 Å². The monoisotopic (exact) mass is 1230 g/mol. The molecule has 8 rings (SSSR count). The van der Waals surface area contributed by atoms with Gasteiger partial charge in [-0.1, -0.05) is 239 Å². The third-order valence-corrected chi connectivity index (χ3v) is 20.8. The summed E-state index contributed by atoms with van der Waals surface area (Å²) in [5, 5.41) is 3.96. The van der Waals surface area contributed by atoms with E-state index in [0.717, 1.165) is 137 Å². The summed E-state index contributed by atoms with van der Waals surface area (Å²) in [7, 11) is 0. The Labute approximate surface area is 549 Å². The predicted molar refractivity (Wildman–Crippen MR) is 391 cm³/mol. The van der Waals surface area contributed by atoms with Gasteiger partial charge in [-0.05, 0) is 195 Å². The van der Waals surface area contributed by atoms with Gasteiger partial charge in [0.1, 0.15) is 17.9 Å². The third-order valence-electron chi connectivity index (χ3n) is 20.8. The molecule has 4 heterocycles. The van der Waals surface area contributed by atoms with E-state index in [1.54, 1.807) is 6.26 Å². The molecule has 512 valence electrons. The number of oxazole rings is 1. The van der Waals surface area contributed by atoms with Gasteiger partial charge in [-0.15, -0.1) is 0 Å². The molecule has 2 aliphatic heterocycles. The zero-order valence-electron chi connectivity index (χ0n) is 64.5. The highest BCUT2D eigenvalue weighted by Crippen LogP contribution is 2.43. The summed E-state index contributed by atoms with van der Waals surface area (Å²) in [6.45, 7) is 72.9. The van der Waals surface area contributed by atoms with Crippen LogP contribution in [0.15, 0.2) is 48.0 Å². The van der Waals surface area contributed by atoms with Crippen molar-refractivity contribution in [3.63, 3.8) is 0 Å². The molecule has 4 unspecified atom stereocenters. The van der Waals surface area contributed by atoms with Gasteiger partial charge >= 0.3 is 0 Å². The first-order valence-corrected chi connectivity index (χ1v) is 37.2. The van der Waals surface area contributed by atoms with E-state index in [2.05, 4.69) is 253 Å². The average Bonchev–Trinajstić information content (AvgIpc) is 4.08. The van der Waals surface area contributed by atoms with E-state index in [1.807, 2.05) is 6.07 Å². The lowest BCUT2D eigenvalue weighted by Gasteiger charge is -2.40. The molecule has 2 aromatic heterocycles. The van der Waals surface area contributed by atoms with Crippen LogP contribution in [0.25, 0.3) is 0 Å². The van der Waals surface area contributed by atoms with E-state index < -0.39 is 0 Å². The zero-order valence-corrected chi connectivity index (χ0v) is 64.5. The molecule has 0 amide bonds. The van der Waals surface area contributed by atoms with Gasteiger partial charge in [0.05, 0.1) is 17.9 Å². The summed E-state index contributed by atoms with van der Waals surface area (Å²) >= 11 is 0. The lowest BCUT2D eigenvalue weighted by atomic mass is 9.65.